The van der Waals surface area contributed by atoms with Gasteiger partial charge in [-0.15, -0.1) is 0 Å². The van der Waals surface area contributed by atoms with Gasteiger partial charge in [-0.2, -0.15) is 0 Å². The van der Waals surface area contributed by atoms with E-state index in [4.69, 9.17) is 28.5 Å². The highest BCUT2D eigenvalue weighted by Gasteiger charge is 2.41. The molecule has 0 amide bonds. The van der Waals surface area contributed by atoms with Crippen LogP contribution in [0.15, 0.2) is 148 Å². The Bertz CT molecular complexity index is 2790. The molecule has 3 unspecified atom stereocenters. The largest absolute Gasteiger partial charge is 0.485 e. The second-order valence-electron chi connectivity index (χ2n) is 13.3. The maximum atomic E-state index is 6.71. The monoisotopic (exact) mass is 659 g/mol. The molecule has 0 saturated heterocycles. The van der Waals surface area contributed by atoms with Crippen molar-refractivity contribution in [3.05, 3.63) is 168 Å². The van der Waals surface area contributed by atoms with Crippen molar-refractivity contribution in [2.24, 2.45) is 0 Å². The van der Waals surface area contributed by atoms with Crippen molar-refractivity contribution in [2.75, 3.05) is 0 Å². The van der Waals surface area contributed by atoms with Crippen LogP contribution >= 0.6 is 0 Å². The van der Waals surface area contributed by atoms with Crippen LogP contribution in [0, 0.1) is 0 Å². The number of rotatable bonds is 4. The summed E-state index contributed by atoms with van der Waals surface area (Å²) in [5.41, 5.74) is 9.03. The van der Waals surface area contributed by atoms with E-state index in [9.17, 15) is 0 Å². The van der Waals surface area contributed by atoms with Crippen LogP contribution in [-0.2, 0) is 0 Å². The summed E-state index contributed by atoms with van der Waals surface area (Å²) in [7, 11) is 0. The Hall–Kier alpha value is -6.53. The summed E-state index contributed by atoms with van der Waals surface area (Å²) >= 11 is 0. The Labute approximate surface area is 293 Å². The highest BCUT2D eigenvalue weighted by molar-refractivity contribution is 6.13. The Morgan fingerprint density at radius 1 is 0.608 bits per heavy atom. The zero-order valence-electron chi connectivity index (χ0n) is 27.4. The molecule has 0 saturated carbocycles. The van der Waals surface area contributed by atoms with Crippen LogP contribution < -0.4 is 4.74 Å². The van der Waals surface area contributed by atoms with E-state index < -0.39 is 0 Å². The van der Waals surface area contributed by atoms with Crippen molar-refractivity contribution in [3.63, 3.8) is 0 Å². The molecule has 8 aromatic rings. The number of para-hydroxylation sites is 2. The summed E-state index contributed by atoms with van der Waals surface area (Å²) in [6.45, 7) is 0. The minimum Gasteiger partial charge on any atom is -0.485 e. The number of nitrogens with zero attached hydrogens (tertiary/aromatic N) is 3. The number of allylic oxidation sites excluding steroid dienone is 3. The molecule has 0 N–H and O–H groups in total. The maximum absolute atomic E-state index is 6.71. The Morgan fingerprint density at radius 3 is 2.25 bits per heavy atom. The van der Waals surface area contributed by atoms with Crippen molar-refractivity contribution >= 4 is 44.6 Å². The summed E-state index contributed by atoms with van der Waals surface area (Å²) < 4.78 is 19.3. The molecule has 3 aromatic heterocycles. The summed E-state index contributed by atoms with van der Waals surface area (Å²) in [5.74, 6) is 3.53. The van der Waals surface area contributed by atoms with Crippen molar-refractivity contribution in [1.82, 2.24) is 15.0 Å². The molecule has 11 rings (SSSR count). The van der Waals surface area contributed by atoms with E-state index in [0.717, 1.165) is 90.1 Å². The Morgan fingerprint density at radius 2 is 1.35 bits per heavy atom. The van der Waals surface area contributed by atoms with Crippen LogP contribution in [0.2, 0.25) is 0 Å². The highest BCUT2D eigenvalue weighted by Crippen LogP contribution is 2.53. The lowest BCUT2D eigenvalue weighted by molar-refractivity contribution is 0.271. The highest BCUT2D eigenvalue weighted by atomic mass is 16.5. The lowest BCUT2D eigenvalue weighted by Crippen LogP contribution is -2.22. The molecule has 51 heavy (non-hydrogen) atoms. The molecule has 242 valence electrons. The van der Waals surface area contributed by atoms with Gasteiger partial charge in [-0.05, 0) is 54.0 Å². The van der Waals surface area contributed by atoms with Crippen LogP contribution in [0.3, 0.4) is 0 Å². The molecule has 2 aliphatic carbocycles. The number of aromatic nitrogens is 3. The third-order valence-electron chi connectivity index (χ3n) is 10.5. The number of ether oxygens (including phenoxy) is 1. The van der Waals surface area contributed by atoms with Gasteiger partial charge in [-0.25, -0.2) is 15.0 Å². The average Bonchev–Trinajstić information content (AvgIpc) is 3.89. The summed E-state index contributed by atoms with van der Waals surface area (Å²) in [4.78, 5) is 15.7. The zero-order valence-corrected chi connectivity index (χ0v) is 27.4. The lowest BCUT2D eigenvalue weighted by Gasteiger charge is -2.24. The summed E-state index contributed by atoms with van der Waals surface area (Å²) in [6, 6.07) is 39.3. The first-order valence-electron chi connectivity index (χ1n) is 17.4. The van der Waals surface area contributed by atoms with Crippen molar-refractivity contribution < 1.29 is 13.6 Å². The smallest absolute Gasteiger partial charge is 0.163 e. The third kappa shape index (κ3) is 4.33. The molecule has 6 heteroatoms. The second kappa shape index (κ2) is 11.0. The quantitative estimate of drug-likeness (QED) is 0.187. The van der Waals surface area contributed by atoms with Crippen LogP contribution in [0.25, 0.3) is 67.1 Å². The van der Waals surface area contributed by atoms with E-state index in [1.165, 1.54) is 0 Å². The minimum atomic E-state index is -0.205. The predicted octanol–water partition coefficient (Wildman–Crippen LogP) is 10.9. The summed E-state index contributed by atoms with van der Waals surface area (Å²) in [5, 5.41) is 3.29. The fourth-order valence-corrected chi connectivity index (χ4v) is 8.27. The van der Waals surface area contributed by atoms with E-state index in [-0.39, 0.29) is 17.9 Å². The van der Waals surface area contributed by atoms with Crippen LogP contribution in [0.4, 0.5) is 0 Å². The number of furan rings is 2. The molecule has 3 atom stereocenters. The van der Waals surface area contributed by atoms with E-state index in [0.29, 0.717) is 11.6 Å². The minimum absolute atomic E-state index is 0.0944. The normalized spacial score (nSPS) is 18.8. The molecule has 0 radical (unpaired) electrons. The molecular weight excluding hydrogens is 631 g/mol. The third-order valence-corrected chi connectivity index (χ3v) is 10.5. The van der Waals surface area contributed by atoms with E-state index >= 15 is 0 Å². The first-order chi connectivity index (χ1) is 25.3. The number of hydrogen-bond acceptors (Lipinski definition) is 6. The molecule has 6 nitrogen and oxygen atoms in total. The molecule has 3 aliphatic rings. The van der Waals surface area contributed by atoms with Gasteiger partial charge in [0.2, 0.25) is 0 Å². The van der Waals surface area contributed by atoms with E-state index in [2.05, 4.69) is 97.1 Å². The summed E-state index contributed by atoms with van der Waals surface area (Å²) in [6.07, 6.45) is 11.2. The van der Waals surface area contributed by atoms with Gasteiger partial charge in [0.05, 0.1) is 11.8 Å². The zero-order chi connectivity index (χ0) is 33.5. The first kappa shape index (κ1) is 28.3. The predicted molar refractivity (Wildman–Crippen MR) is 200 cm³/mol. The second-order valence-corrected chi connectivity index (χ2v) is 13.3. The number of fused-ring (bicyclic) bond motifs is 9. The fraction of sp³-hybridized carbons (Fsp3) is 0.0889. The topological polar surface area (TPSA) is 74.2 Å². The van der Waals surface area contributed by atoms with E-state index in [1.807, 2.05) is 48.5 Å². The standard InChI is InChI=1S/C45H29N3O3/c1-2-12-26(13-3-1)43-46-44(31-18-10-23-36-40(31)30-15-5-7-21-34(30)50-36)48-45(47-43)32-19-11-25-38-42(32)41-28(17-9-24-37(41)51-38)27-16-8-22-35-39(27)29-14-4-6-20-33(29)49-35/h1-17,19-25,31,38,42H,18H2. The molecule has 1 aliphatic heterocycles. The van der Waals surface area contributed by atoms with Gasteiger partial charge in [-0.3, -0.25) is 0 Å². The molecule has 0 bridgehead atoms. The van der Waals surface area contributed by atoms with Gasteiger partial charge in [-0.1, -0.05) is 109 Å². The number of hydrogen-bond donors (Lipinski definition) is 0. The SMILES string of the molecule is C1=CC2Oc3cccc(-c4cccc5oc6ccccc6c45)c3C2C(c2nc(-c3ccccc3)nc(C3CC=Cc4oc5ccccc5c43)n2)=C1. The molecule has 4 heterocycles. The number of benzene rings is 5. The van der Waals surface area contributed by atoms with Crippen LogP contribution in [0.5, 0.6) is 5.75 Å². The Kier molecular flexibility index (Phi) is 6.10. The average molecular weight is 660 g/mol. The van der Waals surface area contributed by atoms with Gasteiger partial charge >= 0.3 is 0 Å². The maximum Gasteiger partial charge on any atom is 0.163 e. The van der Waals surface area contributed by atoms with Gasteiger partial charge < -0.3 is 13.6 Å². The molecule has 5 aromatic carbocycles. The van der Waals surface area contributed by atoms with Crippen LogP contribution in [-0.4, -0.2) is 21.1 Å². The van der Waals surface area contributed by atoms with Crippen molar-refractivity contribution in [1.29, 1.82) is 0 Å². The van der Waals surface area contributed by atoms with Crippen molar-refractivity contribution in [2.45, 2.75) is 24.4 Å². The Balaban J connectivity index is 1.11. The van der Waals surface area contributed by atoms with Crippen LogP contribution in [0.1, 0.15) is 46.8 Å². The molecule has 0 spiro atoms. The first-order valence-corrected chi connectivity index (χ1v) is 17.4. The van der Waals surface area contributed by atoms with Gasteiger partial charge in [0.15, 0.2) is 11.6 Å². The van der Waals surface area contributed by atoms with Gasteiger partial charge in [0, 0.05) is 38.4 Å². The van der Waals surface area contributed by atoms with Gasteiger partial charge in [0.25, 0.3) is 0 Å². The lowest BCUT2D eigenvalue weighted by atomic mass is 9.80. The van der Waals surface area contributed by atoms with E-state index in [1.54, 1.807) is 0 Å². The molecule has 0 fully saturated rings. The van der Waals surface area contributed by atoms with Crippen molar-refractivity contribution in [3.8, 4) is 28.3 Å². The van der Waals surface area contributed by atoms with Gasteiger partial charge in [0.1, 0.15) is 40.2 Å². The fourth-order valence-electron chi connectivity index (χ4n) is 8.27. The molecular formula is C45H29N3O3.